The average molecular weight is 591 g/mol. The smallest absolute Gasteiger partial charge is 0.308 e. The Bertz CT molecular complexity index is 1520. The van der Waals surface area contributed by atoms with Crippen LogP contribution in [0.3, 0.4) is 0 Å². The average Bonchev–Trinajstić information content (AvgIpc) is 2.88. The summed E-state index contributed by atoms with van der Waals surface area (Å²) in [5.74, 6) is -3.15. The lowest BCUT2D eigenvalue weighted by molar-refractivity contribution is -0.133. The van der Waals surface area contributed by atoms with Crippen LogP contribution in [0.4, 0.5) is 0 Å². The van der Waals surface area contributed by atoms with Gasteiger partial charge in [-0.05, 0) is 76.1 Å². The summed E-state index contributed by atoms with van der Waals surface area (Å²) in [6.45, 7) is 10.7. The van der Waals surface area contributed by atoms with Gasteiger partial charge in [0.25, 0.3) is 0 Å². The van der Waals surface area contributed by atoms with Gasteiger partial charge in [0.2, 0.25) is 0 Å². The Hall–Kier alpha value is -4.99. The van der Waals surface area contributed by atoms with Crippen LogP contribution < -0.4 is 23.7 Å². The predicted octanol–water partition coefficient (Wildman–Crippen LogP) is 6.19. The summed E-state index contributed by atoms with van der Waals surface area (Å²) in [5, 5.41) is 0. The van der Waals surface area contributed by atoms with Crippen molar-refractivity contribution in [1.82, 2.24) is 0 Å². The number of ketones is 1. The van der Waals surface area contributed by atoms with Crippen molar-refractivity contribution in [3.63, 3.8) is 0 Å². The highest BCUT2D eigenvalue weighted by atomic mass is 16.6. The molecule has 43 heavy (non-hydrogen) atoms. The molecule has 10 nitrogen and oxygen atoms in total. The minimum Gasteiger partial charge on any atom is -0.479 e. The molecule has 0 aromatic heterocycles. The van der Waals surface area contributed by atoms with E-state index in [1.807, 2.05) is 20.8 Å². The zero-order chi connectivity index (χ0) is 31.9. The summed E-state index contributed by atoms with van der Waals surface area (Å²) in [6.07, 6.45) is 9.30. The van der Waals surface area contributed by atoms with Gasteiger partial charge < -0.3 is 23.7 Å². The molecule has 226 valence electrons. The van der Waals surface area contributed by atoms with Crippen LogP contribution in [0, 0.1) is 0 Å². The molecule has 3 rings (SSSR count). The maximum absolute atomic E-state index is 13.6. The first-order valence-electron chi connectivity index (χ1n) is 13.5. The van der Waals surface area contributed by atoms with Crippen LogP contribution >= 0.6 is 0 Å². The molecule has 10 heteroatoms. The fourth-order valence-electron chi connectivity index (χ4n) is 4.30. The Morgan fingerprint density at radius 2 is 1.37 bits per heavy atom. The van der Waals surface area contributed by atoms with E-state index >= 15 is 0 Å². The van der Waals surface area contributed by atoms with Crippen LogP contribution in [-0.2, 0) is 19.2 Å². The quantitative estimate of drug-likeness (QED) is 0.104. The van der Waals surface area contributed by atoms with Gasteiger partial charge in [-0.25, -0.2) is 0 Å². The molecule has 0 saturated carbocycles. The molecule has 1 heterocycles. The van der Waals surface area contributed by atoms with Gasteiger partial charge >= 0.3 is 23.9 Å². The van der Waals surface area contributed by atoms with E-state index in [2.05, 4.69) is 6.08 Å². The number of fused-ring (bicyclic) bond motifs is 1. The maximum atomic E-state index is 13.6. The van der Waals surface area contributed by atoms with Gasteiger partial charge in [0.15, 0.2) is 23.0 Å². The second kappa shape index (κ2) is 13.8. The molecule has 0 N–H and O–H groups in total. The van der Waals surface area contributed by atoms with Crippen molar-refractivity contribution >= 4 is 41.8 Å². The zero-order valence-electron chi connectivity index (χ0n) is 25.2. The van der Waals surface area contributed by atoms with Crippen LogP contribution in [0.2, 0.25) is 0 Å². The number of allylic oxidation sites excluding steroid dienone is 3. The van der Waals surface area contributed by atoms with E-state index in [0.29, 0.717) is 6.42 Å². The summed E-state index contributed by atoms with van der Waals surface area (Å²) >= 11 is 0. The fourth-order valence-corrected chi connectivity index (χ4v) is 4.30. The number of esters is 4. The summed E-state index contributed by atoms with van der Waals surface area (Å²) in [4.78, 5) is 61.2. The normalized spacial score (nSPS) is 15.1. The number of carbonyl (C=O) groups is 5. The second-order valence-corrected chi connectivity index (χ2v) is 10.3. The minimum atomic E-state index is -0.777. The lowest BCUT2D eigenvalue weighted by atomic mass is 9.92. The van der Waals surface area contributed by atoms with E-state index in [1.54, 1.807) is 12.2 Å². The summed E-state index contributed by atoms with van der Waals surface area (Å²) in [6, 6.07) is 5.73. The third-order valence-electron chi connectivity index (χ3n) is 6.06. The van der Waals surface area contributed by atoms with E-state index in [1.165, 1.54) is 58.0 Å². The number of hydrogen-bond acceptors (Lipinski definition) is 10. The molecule has 0 aliphatic carbocycles. The molecular weight excluding hydrogens is 556 g/mol. The van der Waals surface area contributed by atoms with Gasteiger partial charge in [-0.2, -0.15) is 0 Å². The number of hydrogen-bond donors (Lipinski definition) is 0. The predicted molar refractivity (Wildman–Crippen MR) is 158 cm³/mol. The SMILES string of the molecule is CC(=O)Oc1cccc(OC(C)=O)c1C=CC(=O)c1cc(OC(C)=O)c2c(c1OC(C)=O)C=CC(C)(CCC=C(C)C)O2. The van der Waals surface area contributed by atoms with Gasteiger partial charge in [0, 0.05) is 27.7 Å². The van der Waals surface area contributed by atoms with Gasteiger partial charge in [-0.1, -0.05) is 17.7 Å². The van der Waals surface area contributed by atoms with Crippen molar-refractivity contribution in [1.29, 1.82) is 0 Å². The molecule has 0 bridgehead atoms. The maximum Gasteiger partial charge on any atom is 0.308 e. The molecule has 0 fully saturated rings. The summed E-state index contributed by atoms with van der Waals surface area (Å²) < 4.78 is 27.7. The lowest BCUT2D eigenvalue weighted by Crippen LogP contribution is -2.32. The van der Waals surface area contributed by atoms with Crippen molar-refractivity contribution in [3.05, 3.63) is 64.8 Å². The third kappa shape index (κ3) is 8.75. The number of benzene rings is 2. The molecule has 0 radical (unpaired) electrons. The molecule has 2 aromatic carbocycles. The summed E-state index contributed by atoms with van der Waals surface area (Å²) in [5.41, 5.74) is 0.658. The van der Waals surface area contributed by atoms with Crippen LogP contribution in [0.5, 0.6) is 28.7 Å². The Labute approximate surface area is 249 Å². The highest BCUT2D eigenvalue weighted by Gasteiger charge is 2.34. The van der Waals surface area contributed by atoms with Gasteiger partial charge in [-0.3, -0.25) is 24.0 Å². The van der Waals surface area contributed by atoms with Gasteiger partial charge in [0.05, 0.1) is 16.7 Å². The highest BCUT2D eigenvalue weighted by molar-refractivity contribution is 6.11. The first-order chi connectivity index (χ1) is 20.2. The van der Waals surface area contributed by atoms with Crippen molar-refractivity contribution in [3.8, 4) is 28.7 Å². The van der Waals surface area contributed by atoms with Crippen LogP contribution in [0.15, 0.2) is 48.1 Å². The minimum absolute atomic E-state index is 0.0335. The van der Waals surface area contributed by atoms with E-state index in [9.17, 15) is 24.0 Å². The molecular formula is C33H34O10. The molecule has 2 aromatic rings. The third-order valence-corrected chi connectivity index (χ3v) is 6.06. The van der Waals surface area contributed by atoms with E-state index in [0.717, 1.165) is 18.1 Å². The Morgan fingerprint density at radius 3 is 1.91 bits per heavy atom. The van der Waals surface area contributed by atoms with E-state index in [-0.39, 0.29) is 45.4 Å². The molecule has 0 saturated heterocycles. The van der Waals surface area contributed by atoms with Crippen LogP contribution in [0.1, 0.15) is 82.8 Å². The second-order valence-electron chi connectivity index (χ2n) is 10.3. The highest BCUT2D eigenvalue weighted by Crippen LogP contribution is 2.47. The van der Waals surface area contributed by atoms with E-state index in [4.69, 9.17) is 23.7 Å². The molecule has 1 aliphatic heterocycles. The molecule has 0 spiro atoms. The van der Waals surface area contributed by atoms with Crippen LogP contribution in [0.25, 0.3) is 12.2 Å². The first-order valence-corrected chi connectivity index (χ1v) is 13.5. The first kappa shape index (κ1) is 32.5. The Morgan fingerprint density at radius 1 is 0.814 bits per heavy atom. The number of rotatable bonds is 10. The van der Waals surface area contributed by atoms with Crippen molar-refractivity contribution in [2.24, 2.45) is 0 Å². The van der Waals surface area contributed by atoms with Gasteiger partial charge in [-0.15, -0.1) is 0 Å². The van der Waals surface area contributed by atoms with Crippen LogP contribution in [-0.4, -0.2) is 35.3 Å². The van der Waals surface area contributed by atoms with E-state index < -0.39 is 35.3 Å². The van der Waals surface area contributed by atoms with Gasteiger partial charge in [0.1, 0.15) is 17.1 Å². The topological polar surface area (TPSA) is 132 Å². The summed E-state index contributed by atoms with van der Waals surface area (Å²) in [7, 11) is 0. The number of ether oxygens (including phenoxy) is 5. The Balaban J connectivity index is 2.15. The zero-order valence-corrected chi connectivity index (χ0v) is 25.2. The van der Waals surface area contributed by atoms with Crippen molar-refractivity contribution in [2.75, 3.05) is 0 Å². The molecule has 1 unspecified atom stereocenters. The largest absolute Gasteiger partial charge is 0.479 e. The fraction of sp³-hybridized carbons (Fsp3) is 0.303. The van der Waals surface area contributed by atoms with Crippen molar-refractivity contribution in [2.45, 2.75) is 66.9 Å². The molecule has 1 atom stereocenters. The van der Waals surface area contributed by atoms with Crippen molar-refractivity contribution < 1.29 is 47.7 Å². The Kier molecular flexibility index (Phi) is 10.4. The molecule has 1 aliphatic rings. The molecule has 0 amide bonds. The number of carbonyl (C=O) groups excluding carboxylic acids is 5. The standard InChI is InChI=1S/C33H34O10/c1-19(2)10-9-16-33(7)17-15-25-31(42-23(6)37)26(18-30(32(25)43-33)41-22(5)36)27(38)14-13-24-28(39-20(3)34)11-8-12-29(24)40-21(4)35/h8,10-15,17-18H,9,16H2,1-7H3. The lowest BCUT2D eigenvalue weighted by Gasteiger charge is -2.33. The monoisotopic (exact) mass is 590 g/mol.